The van der Waals surface area contributed by atoms with Gasteiger partial charge in [0.2, 0.25) is 0 Å². The minimum absolute atomic E-state index is 0.283. The molecule has 3 aliphatic rings. The highest BCUT2D eigenvalue weighted by molar-refractivity contribution is 5.85. The second-order valence-corrected chi connectivity index (χ2v) is 7.49. The Kier molecular flexibility index (Phi) is 3.82. The third kappa shape index (κ3) is 2.92. The molecule has 0 bridgehead atoms. The minimum atomic E-state index is 0.283. The molecule has 2 heterocycles. The summed E-state index contributed by atoms with van der Waals surface area (Å²) in [4.78, 5) is 4.68. The number of aromatic nitrogens is 1. The van der Waals surface area contributed by atoms with Crippen molar-refractivity contribution >= 4 is 22.7 Å². The predicted molar refractivity (Wildman–Crippen MR) is 104 cm³/mol. The third-order valence-electron chi connectivity index (χ3n) is 5.49. The van der Waals surface area contributed by atoms with Crippen molar-refractivity contribution in [3.63, 3.8) is 0 Å². The van der Waals surface area contributed by atoms with E-state index in [1.165, 1.54) is 48.8 Å². The molecule has 0 amide bonds. The zero-order valence-corrected chi connectivity index (χ0v) is 15.0. The Morgan fingerprint density at radius 3 is 3.00 bits per heavy atom. The van der Waals surface area contributed by atoms with Crippen LogP contribution >= 0.6 is 0 Å². The van der Waals surface area contributed by atoms with E-state index in [9.17, 15) is 0 Å². The molecular weight excluding hydrogens is 324 g/mol. The Balaban J connectivity index is 1.40. The van der Waals surface area contributed by atoms with Gasteiger partial charge in [-0.15, -0.1) is 0 Å². The van der Waals surface area contributed by atoms with Crippen LogP contribution in [0.15, 0.2) is 52.6 Å². The van der Waals surface area contributed by atoms with Crippen LogP contribution in [0.1, 0.15) is 37.7 Å². The Morgan fingerprint density at radius 2 is 2.12 bits per heavy atom. The standard InChI is InChI=1S/C21H24N4O/c1-25-13-16-11-14(7-9-18(16)24-25)15-8-10-20-19(12-15)23-21(26-20)22-17-5-3-2-4-6-17/h7-13,17-18,24H,2-6H2,1H3,(H,22,23). The molecule has 0 radical (unpaired) electrons. The smallest absolute Gasteiger partial charge is 0.295 e. The number of fused-ring (bicyclic) bond motifs is 2. The molecule has 134 valence electrons. The van der Waals surface area contributed by atoms with Crippen molar-refractivity contribution in [1.29, 1.82) is 0 Å². The van der Waals surface area contributed by atoms with Gasteiger partial charge < -0.3 is 14.7 Å². The molecule has 0 spiro atoms. The van der Waals surface area contributed by atoms with E-state index in [-0.39, 0.29) is 6.04 Å². The van der Waals surface area contributed by atoms with Gasteiger partial charge in [0.1, 0.15) is 5.52 Å². The minimum Gasteiger partial charge on any atom is -0.424 e. The summed E-state index contributed by atoms with van der Waals surface area (Å²) >= 11 is 0. The zero-order chi connectivity index (χ0) is 17.5. The van der Waals surface area contributed by atoms with Gasteiger partial charge in [0.05, 0.1) is 6.04 Å². The fourth-order valence-electron chi connectivity index (χ4n) is 4.11. The van der Waals surface area contributed by atoms with Gasteiger partial charge in [-0.05, 0) is 47.8 Å². The van der Waals surface area contributed by atoms with Gasteiger partial charge in [0.25, 0.3) is 6.01 Å². The molecule has 1 unspecified atom stereocenters. The SMILES string of the molecule is CN1C=C2C=C(c3ccc4oc(NC5CCCCC5)nc4c3)C=CC2N1. The molecule has 5 nitrogen and oxygen atoms in total. The van der Waals surface area contributed by atoms with Crippen LogP contribution in [-0.2, 0) is 0 Å². The first-order valence-corrected chi connectivity index (χ1v) is 9.53. The van der Waals surface area contributed by atoms with Crippen LogP contribution in [0.2, 0.25) is 0 Å². The Morgan fingerprint density at radius 1 is 1.23 bits per heavy atom. The van der Waals surface area contributed by atoms with Gasteiger partial charge in [0, 0.05) is 19.3 Å². The summed E-state index contributed by atoms with van der Waals surface area (Å²) in [5.41, 5.74) is 8.78. The molecule has 1 aromatic heterocycles. The lowest BCUT2D eigenvalue weighted by Gasteiger charge is -2.21. The molecule has 2 aliphatic carbocycles. The van der Waals surface area contributed by atoms with Crippen molar-refractivity contribution in [3.8, 4) is 0 Å². The van der Waals surface area contributed by atoms with Crippen molar-refractivity contribution in [1.82, 2.24) is 15.4 Å². The largest absolute Gasteiger partial charge is 0.424 e. The second-order valence-electron chi connectivity index (χ2n) is 7.49. The number of nitrogens with one attached hydrogen (secondary N) is 2. The number of hydrogen-bond donors (Lipinski definition) is 2. The normalized spacial score (nSPS) is 23.1. The Bertz CT molecular complexity index is 917. The lowest BCUT2D eigenvalue weighted by Crippen LogP contribution is -2.32. The average Bonchev–Trinajstić information content (AvgIpc) is 3.22. The average molecular weight is 348 g/mol. The van der Waals surface area contributed by atoms with Gasteiger partial charge >= 0.3 is 0 Å². The van der Waals surface area contributed by atoms with Crippen molar-refractivity contribution in [3.05, 3.63) is 53.8 Å². The molecule has 1 fully saturated rings. The molecule has 1 atom stereocenters. The molecule has 5 rings (SSSR count). The van der Waals surface area contributed by atoms with Crippen molar-refractivity contribution in [2.75, 3.05) is 12.4 Å². The van der Waals surface area contributed by atoms with Crippen LogP contribution in [0, 0.1) is 0 Å². The first kappa shape index (κ1) is 15.7. The highest BCUT2D eigenvalue weighted by atomic mass is 16.4. The van der Waals surface area contributed by atoms with Gasteiger partial charge in [-0.2, -0.15) is 4.98 Å². The number of allylic oxidation sites excluding steroid dienone is 2. The Labute approximate surface area is 153 Å². The fraction of sp³-hybridized carbons (Fsp3) is 0.381. The van der Waals surface area contributed by atoms with E-state index in [2.05, 4.69) is 52.3 Å². The first-order valence-electron chi connectivity index (χ1n) is 9.53. The summed E-state index contributed by atoms with van der Waals surface area (Å²) in [6.07, 6.45) is 15.1. The highest BCUT2D eigenvalue weighted by Crippen LogP contribution is 2.30. The van der Waals surface area contributed by atoms with E-state index in [1.54, 1.807) is 0 Å². The third-order valence-corrected chi connectivity index (χ3v) is 5.49. The molecule has 0 saturated heterocycles. The molecule has 5 heteroatoms. The molecular formula is C21H24N4O. The van der Waals surface area contributed by atoms with Gasteiger partial charge in [-0.3, -0.25) is 0 Å². The fourth-order valence-corrected chi connectivity index (χ4v) is 4.11. The maximum atomic E-state index is 5.91. The topological polar surface area (TPSA) is 53.3 Å². The number of benzene rings is 1. The summed E-state index contributed by atoms with van der Waals surface area (Å²) in [6.45, 7) is 0. The zero-order valence-electron chi connectivity index (χ0n) is 15.0. The quantitative estimate of drug-likeness (QED) is 0.869. The molecule has 1 aliphatic heterocycles. The van der Waals surface area contributed by atoms with Gasteiger partial charge in [-0.25, -0.2) is 5.43 Å². The van der Waals surface area contributed by atoms with Gasteiger partial charge in [-0.1, -0.05) is 37.5 Å². The van der Waals surface area contributed by atoms with Crippen molar-refractivity contribution in [2.24, 2.45) is 0 Å². The van der Waals surface area contributed by atoms with E-state index in [4.69, 9.17) is 4.42 Å². The van der Waals surface area contributed by atoms with E-state index in [1.807, 2.05) is 18.1 Å². The van der Waals surface area contributed by atoms with Crippen LogP contribution in [0.5, 0.6) is 0 Å². The lowest BCUT2D eigenvalue weighted by molar-refractivity contribution is 0.349. The van der Waals surface area contributed by atoms with Crippen molar-refractivity contribution in [2.45, 2.75) is 44.2 Å². The van der Waals surface area contributed by atoms with E-state index in [0.29, 0.717) is 12.1 Å². The van der Waals surface area contributed by atoms with Crippen LogP contribution < -0.4 is 10.7 Å². The van der Waals surface area contributed by atoms with E-state index >= 15 is 0 Å². The number of anilines is 1. The number of oxazole rings is 1. The van der Waals surface area contributed by atoms with E-state index in [0.717, 1.165) is 11.1 Å². The number of hydrazine groups is 1. The first-order chi connectivity index (χ1) is 12.7. The molecule has 2 N–H and O–H groups in total. The maximum Gasteiger partial charge on any atom is 0.295 e. The number of rotatable bonds is 3. The lowest BCUT2D eigenvalue weighted by atomic mass is 9.94. The monoisotopic (exact) mass is 348 g/mol. The van der Waals surface area contributed by atoms with Crippen LogP contribution in [-0.4, -0.2) is 29.1 Å². The number of nitrogens with zero attached hydrogens (tertiary/aromatic N) is 2. The van der Waals surface area contributed by atoms with E-state index < -0.39 is 0 Å². The summed E-state index contributed by atoms with van der Waals surface area (Å²) in [6, 6.07) is 7.69. The second kappa shape index (κ2) is 6.32. The summed E-state index contributed by atoms with van der Waals surface area (Å²) in [5, 5.41) is 5.48. The summed E-state index contributed by atoms with van der Waals surface area (Å²) < 4.78 is 5.91. The number of hydrogen-bond acceptors (Lipinski definition) is 5. The van der Waals surface area contributed by atoms with Crippen LogP contribution in [0.25, 0.3) is 16.7 Å². The van der Waals surface area contributed by atoms with Gasteiger partial charge in [0.15, 0.2) is 5.58 Å². The maximum absolute atomic E-state index is 5.91. The van der Waals surface area contributed by atoms with Crippen LogP contribution in [0.3, 0.4) is 0 Å². The summed E-state index contributed by atoms with van der Waals surface area (Å²) in [7, 11) is 2.02. The Hall–Kier alpha value is -2.53. The highest BCUT2D eigenvalue weighted by Gasteiger charge is 2.21. The predicted octanol–water partition coefficient (Wildman–Crippen LogP) is 4.23. The van der Waals surface area contributed by atoms with Crippen LogP contribution in [0.4, 0.5) is 6.01 Å². The molecule has 1 saturated carbocycles. The van der Waals surface area contributed by atoms with Crippen molar-refractivity contribution < 1.29 is 4.42 Å². The molecule has 1 aromatic carbocycles. The summed E-state index contributed by atoms with van der Waals surface area (Å²) in [5.74, 6) is 0. The molecule has 2 aromatic rings. The molecule has 26 heavy (non-hydrogen) atoms.